The Hall–Kier alpha value is -2.45. The number of anilines is 1. The van der Waals surface area contributed by atoms with Gasteiger partial charge in [-0.05, 0) is 36.4 Å². The lowest BCUT2D eigenvalue weighted by Gasteiger charge is -2.36. The van der Waals surface area contributed by atoms with E-state index < -0.39 is 0 Å². The van der Waals surface area contributed by atoms with E-state index in [0.717, 1.165) is 10.2 Å². The average molecular weight is 403 g/mol. The number of carbonyl (C=O) groups excluding carboxylic acids is 1. The summed E-state index contributed by atoms with van der Waals surface area (Å²) < 4.78 is 11.5. The molecule has 1 saturated heterocycles. The molecule has 0 saturated carbocycles. The Morgan fingerprint density at radius 2 is 2.08 bits per heavy atom. The standard InChI is InChI=1S/C17H15BrN4O3/c18-12-3-5-13(6-4-12)19-15(23)10-22-8-11(9-22)17-20-16(21-25-17)14-2-1-7-24-14/h1-7,11H,8-10H2,(H,19,23). The van der Waals surface area contributed by atoms with Crippen LogP contribution in [0.2, 0.25) is 0 Å². The monoisotopic (exact) mass is 402 g/mol. The van der Waals surface area contributed by atoms with Crippen LogP contribution in [-0.4, -0.2) is 40.6 Å². The molecule has 1 amide bonds. The van der Waals surface area contributed by atoms with Crippen LogP contribution in [0.4, 0.5) is 5.69 Å². The van der Waals surface area contributed by atoms with Gasteiger partial charge in [0.2, 0.25) is 17.6 Å². The van der Waals surface area contributed by atoms with Crippen molar-refractivity contribution in [1.82, 2.24) is 15.0 Å². The summed E-state index contributed by atoms with van der Waals surface area (Å²) in [5.41, 5.74) is 0.783. The fraction of sp³-hybridized carbons (Fsp3) is 0.235. The number of nitrogens with one attached hydrogen (secondary N) is 1. The van der Waals surface area contributed by atoms with Crippen molar-refractivity contribution in [3.05, 3.63) is 53.0 Å². The van der Waals surface area contributed by atoms with Crippen molar-refractivity contribution in [2.45, 2.75) is 5.92 Å². The van der Waals surface area contributed by atoms with Gasteiger partial charge in [-0.25, -0.2) is 0 Å². The summed E-state index contributed by atoms with van der Waals surface area (Å²) in [5.74, 6) is 1.72. The highest BCUT2D eigenvalue weighted by atomic mass is 79.9. The molecule has 8 heteroatoms. The summed E-state index contributed by atoms with van der Waals surface area (Å²) in [7, 11) is 0. The van der Waals surface area contributed by atoms with Crippen molar-refractivity contribution >= 4 is 27.5 Å². The summed E-state index contributed by atoms with van der Waals surface area (Å²) in [6, 6.07) is 11.1. The molecule has 0 aliphatic carbocycles. The van der Waals surface area contributed by atoms with E-state index in [1.807, 2.05) is 29.2 Å². The zero-order valence-corrected chi connectivity index (χ0v) is 14.8. The average Bonchev–Trinajstić information content (AvgIpc) is 3.23. The normalized spacial score (nSPS) is 15.1. The maximum Gasteiger partial charge on any atom is 0.238 e. The molecule has 1 aliphatic rings. The summed E-state index contributed by atoms with van der Waals surface area (Å²) in [4.78, 5) is 18.5. The lowest BCUT2D eigenvalue weighted by atomic mass is 10.0. The van der Waals surface area contributed by atoms with E-state index in [0.29, 0.717) is 37.1 Å². The third-order valence-corrected chi connectivity index (χ3v) is 4.51. The van der Waals surface area contributed by atoms with Crippen LogP contribution >= 0.6 is 15.9 Å². The van der Waals surface area contributed by atoms with Crippen LogP contribution in [0.1, 0.15) is 11.8 Å². The second kappa shape index (κ2) is 6.81. The van der Waals surface area contributed by atoms with Gasteiger partial charge < -0.3 is 14.3 Å². The first-order valence-corrected chi connectivity index (χ1v) is 8.62. The molecule has 3 heterocycles. The first-order chi connectivity index (χ1) is 12.2. The lowest BCUT2D eigenvalue weighted by Crippen LogP contribution is -2.48. The Balaban J connectivity index is 1.27. The van der Waals surface area contributed by atoms with Crippen molar-refractivity contribution in [1.29, 1.82) is 0 Å². The number of hydrogen-bond acceptors (Lipinski definition) is 6. The molecule has 1 N–H and O–H groups in total. The van der Waals surface area contributed by atoms with Crippen LogP contribution in [0.15, 0.2) is 56.1 Å². The number of halogens is 1. The number of hydrogen-bond donors (Lipinski definition) is 1. The van der Waals surface area contributed by atoms with Gasteiger partial charge in [-0.15, -0.1) is 0 Å². The van der Waals surface area contributed by atoms with Gasteiger partial charge in [-0.2, -0.15) is 4.98 Å². The van der Waals surface area contributed by atoms with Crippen molar-refractivity contribution in [3.63, 3.8) is 0 Å². The second-order valence-corrected chi connectivity index (χ2v) is 6.80. The van der Waals surface area contributed by atoms with Crippen LogP contribution in [0.3, 0.4) is 0 Å². The highest BCUT2D eigenvalue weighted by Crippen LogP contribution is 2.27. The number of carbonyl (C=O) groups is 1. The van der Waals surface area contributed by atoms with Crippen molar-refractivity contribution < 1.29 is 13.7 Å². The summed E-state index contributed by atoms with van der Waals surface area (Å²) in [6.45, 7) is 1.77. The summed E-state index contributed by atoms with van der Waals surface area (Å²) >= 11 is 3.37. The lowest BCUT2D eigenvalue weighted by molar-refractivity contribution is -0.118. The van der Waals surface area contributed by atoms with E-state index >= 15 is 0 Å². The van der Waals surface area contributed by atoms with Crippen LogP contribution in [0, 0.1) is 0 Å². The molecule has 7 nitrogen and oxygen atoms in total. The number of aromatic nitrogens is 2. The fourth-order valence-corrected chi connectivity index (χ4v) is 2.96. The molecule has 1 aliphatic heterocycles. The molecule has 4 rings (SSSR count). The number of likely N-dealkylation sites (tertiary alicyclic amines) is 1. The van der Waals surface area contributed by atoms with Crippen molar-refractivity contribution in [2.24, 2.45) is 0 Å². The Labute approximate surface area is 152 Å². The van der Waals surface area contributed by atoms with E-state index in [2.05, 4.69) is 31.4 Å². The van der Waals surface area contributed by atoms with Gasteiger partial charge in [0.05, 0.1) is 18.7 Å². The van der Waals surface area contributed by atoms with Crippen molar-refractivity contribution in [2.75, 3.05) is 25.0 Å². The quantitative estimate of drug-likeness (QED) is 0.705. The zero-order chi connectivity index (χ0) is 17.2. The minimum atomic E-state index is -0.0393. The van der Waals surface area contributed by atoms with Crippen LogP contribution in [0.5, 0.6) is 0 Å². The van der Waals surface area contributed by atoms with E-state index in [9.17, 15) is 4.79 Å². The zero-order valence-electron chi connectivity index (χ0n) is 13.2. The topological polar surface area (TPSA) is 84.4 Å². The van der Waals surface area contributed by atoms with Crippen LogP contribution < -0.4 is 5.32 Å². The molecule has 1 aromatic carbocycles. The maximum atomic E-state index is 12.1. The smallest absolute Gasteiger partial charge is 0.238 e. The Morgan fingerprint density at radius 3 is 2.80 bits per heavy atom. The molecule has 128 valence electrons. The summed E-state index contributed by atoms with van der Waals surface area (Å²) in [6.07, 6.45) is 1.57. The highest BCUT2D eigenvalue weighted by Gasteiger charge is 2.33. The molecule has 0 spiro atoms. The van der Waals surface area contributed by atoms with Gasteiger partial charge in [0, 0.05) is 23.2 Å². The molecular formula is C17H15BrN4O3. The Kier molecular flexibility index (Phi) is 4.37. The number of amides is 1. The molecule has 0 atom stereocenters. The van der Waals surface area contributed by atoms with E-state index in [1.165, 1.54) is 0 Å². The van der Waals surface area contributed by atoms with Gasteiger partial charge in [-0.1, -0.05) is 21.1 Å². The number of benzene rings is 1. The van der Waals surface area contributed by atoms with Gasteiger partial charge in [0.1, 0.15) is 0 Å². The second-order valence-electron chi connectivity index (χ2n) is 5.88. The molecule has 25 heavy (non-hydrogen) atoms. The van der Waals surface area contributed by atoms with E-state index in [-0.39, 0.29) is 11.8 Å². The fourth-order valence-electron chi connectivity index (χ4n) is 2.70. The molecule has 0 bridgehead atoms. The summed E-state index contributed by atoms with van der Waals surface area (Å²) in [5, 5.41) is 6.81. The minimum absolute atomic E-state index is 0.0393. The van der Waals surface area contributed by atoms with Gasteiger partial charge in [0.15, 0.2) is 5.76 Å². The van der Waals surface area contributed by atoms with Gasteiger partial charge in [-0.3, -0.25) is 9.69 Å². The predicted molar refractivity (Wildman–Crippen MR) is 94.0 cm³/mol. The third kappa shape index (κ3) is 3.64. The van der Waals surface area contributed by atoms with E-state index in [1.54, 1.807) is 18.4 Å². The maximum absolute atomic E-state index is 12.1. The highest BCUT2D eigenvalue weighted by molar-refractivity contribution is 9.10. The van der Waals surface area contributed by atoms with Crippen LogP contribution in [0.25, 0.3) is 11.6 Å². The third-order valence-electron chi connectivity index (χ3n) is 3.98. The molecule has 2 aromatic heterocycles. The molecule has 0 radical (unpaired) electrons. The Morgan fingerprint density at radius 1 is 1.28 bits per heavy atom. The Bertz CT molecular complexity index is 854. The molecular weight excluding hydrogens is 388 g/mol. The van der Waals surface area contributed by atoms with Crippen molar-refractivity contribution in [3.8, 4) is 11.6 Å². The largest absolute Gasteiger partial charge is 0.461 e. The number of nitrogens with zero attached hydrogens (tertiary/aromatic N) is 3. The first-order valence-electron chi connectivity index (χ1n) is 7.82. The van der Waals surface area contributed by atoms with Crippen LogP contribution in [-0.2, 0) is 4.79 Å². The van der Waals surface area contributed by atoms with Gasteiger partial charge >= 0.3 is 0 Å². The molecule has 0 unspecified atom stereocenters. The minimum Gasteiger partial charge on any atom is -0.461 e. The van der Waals surface area contributed by atoms with E-state index in [4.69, 9.17) is 8.94 Å². The number of furan rings is 1. The number of rotatable bonds is 5. The first kappa shape index (κ1) is 16.0. The molecule has 1 fully saturated rings. The SMILES string of the molecule is O=C(CN1CC(c2nc(-c3ccco3)no2)C1)Nc1ccc(Br)cc1. The molecule has 3 aromatic rings. The van der Waals surface area contributed by atoms with Gasteiger partial charge in [0.25, 0.3) is 0 Å². The predicted octanol–water partition coefficient (Wildman–Crippen LogP) is 3.13.